The molecule has 10 rings (SSSR count). The first-order valence-electron chi connectivity index (χ1n) is 17.1. The number of benzene rings is 2. The number of pyridine rings is 1. The zero-order chi connectivity index (χ0) is 35.7. The minimum atomic E-state index is -0.748. The summed E-state index contributed by atoms with van der Waals surface area (Å²) in [7, 11) is 3.55. The fourth-order valence-electron chi connectivity index (χ4n) is 7.74. The molecule has 0 atom stereocenters. The minimum Gasteiger partial charge on any atom is -0.464 e. The average molecular weight is 693 g/mol. The summed E-state index contributed by atoms with van der Waals surface area (Å²) in [4.78, 5) is 66.1. The lowest BCUT2D eigenvalue weighted by Gasteiger charge is -2.49. The van der Waals surface area contributed by atoms with Crippen molar-refractivity contribution in [2.75, 3.05) is 18.0 Å². The fourth-order valence-corrected chi connectivity index (χ4v) is 7.74. The van der Waals surface area contributed by atoms with E-state index in [1.54, 1.807) is 47.8 Å². The van der Waals surface area contributed by atoms with Crippen molar-refractivity contribution in [3.05, 3.63) is 100 Å². The van der Waals surface area contributed by atoms with Crippen molar-refractivity contribution >= 4 is 51.1 Å². The number of imidazole rings is 1. The van der Waals surface area contributed by atoms with Crippen LogP contribution < -0.4 is 21.2 Å². The highest BCUT2D eigenvalue weighted by molar-refractivity contribution is 6.09. The van der Waals surface area contributed by atoms with Crippen LogP contribution in [0, 0.1) is 17.8 Å². The molecule has 2 bridgehead atoms. The predicted molar refractivity (Wildman–Crippen MR) is 192 cm³/mol. The number of hydrogen-bond donors (Lipinski definition) is 2. The quantitative estimate of drug-likeness (QED) is 0.203. The first-order valence-corrected chi connectivity index (χ1v) is 17.1. The van der Waals surface area contributed by atoms with Gasteiger partial charge in [-0.3, -0.25) is 33.8 Å². The number of furan rings is 1. The van der Waals surface area contributed by atoms with Gasteiger partial charge in [0.05, 0.1) is 46.8 Å². The van der Waals surface area contributed by atoms with Crippen LogP contribution in [0.15, 0.2) is 76.4 Å². The Bertz CT molecular complexity index is 2620. The number of piperidine rings is 2. The lowest BCUT2D eigenvalue weighted by Crippen LogP contribution is -2.64. The Kier molecular flexibility index (Phi) is 7.11. The van der Waals surface area contributed by atoms with E-state index in [0.717, 1.165) is 58.4 Å². The standard InChI is InChI=1S/C39H32N8O5/c1-45-30-11-9-25(16-31(30)46(2)38(45)51)47-14-4-6-28-32(47)20-42-34(43-28)23-8-10-29(41-19-23)36(49)40-13-3-5-22-7-12-33-26(15-22)27(21-52-33)39-17-24(18-39)35(48)44-37(39)50/h7-12,15-16,19-21,24H,4,6,13-14,17-18H2,1-2H3,(H,40,49)(H,44,48,50). The SMILES string of the molecule is Cn1c(=O)n(C)c2cc(N3CCCc4nc(-c5ccc(C(=O)NCC#Cc6ccc7occ(C89CC(C8)C(=O)NC9=O)c7c6)nc5)ncc43)ccc21. The highest BCUT2D eigenvalue weighted by Gasteiger charge is 2.59. The van der Waals surface area contributed by atoms with Crippen LogP contribution in [-0.2, 0) is 35.5 Å². The van der Waals surface area contributed by atoms with Crippen molar-refractivity contribution in [2.24, 2.45) is 20.0 Å². The number of hydrogen-bond acceptors (Lipinski definition) is 9. The average Bonchev–Trinajstić information content (AvgIpc) is 3.66. The van der Waals surface area contributed by atoms with Crippen molar-refractivity contribution < 1.29 is 18.8 Å². The molecule has 2 aromatic carbocycles. The topological polar surface area (TPSA) is 157 Å². The van der Waals surface area contributed by atoms with E-state index in [-0.39, 0.29) is 41.6 Å². The molecule has 4 aliphatic rings. The largest absolute Gasteiger partial charge is 0.464 e. The Morgan fingerprint density at radius 1 is 1.02 bits per heavy atom. The summed E-state index contributed by atoms with van der Waals surface area (Å²) in [6.45, 7) is 0.913. The third-order valence-corrected chi connectivity index (χ3v) is 10.6. The molecule has 2 saturated heterocycles. The van der Waals surface area contributed by atoms with Gasteiger partial charge in [-0.05, 0) is 74.2 Å². The van der Waals surface area contributed by atoms with Gasteiger partial charge < -0.3 is 14.6 Å². The zero-order valence-electron chi connectivity index (χ0n) is 28.4. The molecule has 0 unspecified atom stereocenters. The van der Waals surface area contributed by atoms with Crippen LogP contribution in [0.5, 0.6) is 0 Å². The first kappa shape index (κ1) is 31.4. The number of anilines is 2. The molecule has 0 spiro atoms. The van der Waals surface area contributed by atoms with Gasteiger partial charge in [-0.2, -0.15) is 0 Å². The van der Waals surface area contributed by atoms with Gasteiger partial charge in [0.1, 0.15) is 11.3 Å². The Labute approximate surface area is 296 Å². The maximum Gasteiger partial charge on any atom is 0.328 e. The predicted octanol–water partition coefficient (Wildman–Crippen LogP) is 3.65. The number of imide groups is 1. The van der Waals surface area contributed by atoms with E-state index in [1.165, 1.54) is 0 Å². The van der Waals surface area contributed by atoms with Gasteiger partial charge in [-0.15, -0.1) is 0 Å². The summed E-state index contributed by atoms with van der Waals surface area (Å²) in [6.07, 6.45) is 7.72. The molecule has 6 aromatic rings. The molecule has 4 aromatic heterocycles. The molecule has 2 N–H and O–H groups in total. The monoisotopic (exact) mass is 692 g/mol. The molecule has 1 saturated carbocycles. The number of nitrogens with zero attached hydrogens (tertiary/aromatic N) is 6. The highest BCUT2D eigenvalue weighted by atomic mass is 16.3. The van der Waals surface area contributed by atoms with E-state index >= 15 is 0 Å². The van der Waals surface area contributed by atoms with E-state index in [1.807, 2.05) is 42.6 Å². The normalized spacial score (nSPS) is 19.1. The lowest BCUT2D eigenvalue weighted by atomic mass is 9.55. The number of nitrogens with one attached hydrogen (secondary N) is 2. The molecule has 0 radical (unpaired) electrons. The Hall–Kier alpha value is -6.55. The summed E-state index contributed by atoms with van der Waals surface area (Å²) in [5, 5.41) is 6.07. The third kappa shape index (κ3) is 4.90. The molecule has 13 nitrogen and oxygen atoms in total. The fraction of sp³-hybridized carbons (Fsp3) is 0.256. The van der Waals surface area contributed by atoms with Gasteiger partial charge in [0, 0.05) is 60.5 Å². The second-order valence-corrected chi connectivity index (χ2v) is 13.6. The molecular formula is C39H32N8O5. The summed E-state index contributed by atoms with van der Waals surface area (Å²) in [6, 6.07) is 15.0. The second kappa shape index (κ2) is 11.8. The molecule has 13 heteroatoms. The molecular weight excluding hydrogens is 660 g/mol. The van der Waals surface area contributed by atoms with Gasteiger partial charge >= 0.3 is 5.69 Å². The Balaban J connectivity index is 0.864. The summed E-state index contributed by atoms with van der Waals surface area (Å²) in [5.41, 5.74) is 6.82. The van der Waals surface area contributed by atoms with Crippen molar-refractivity contribution in [1.82, 2.24) is 34.7 Å². The number of rotatable bonds is 5. The van der Waals surface area contributed by atoms with Crippen molar-refractivity contribution in [1.29, 1.82) is 0 Å². The van der Waals surface area contributed by atoms with Gasteiger partial charge in [0.2, 0.25) is 11.8 Å². The maximum atomic E-state index is 12.9. The van der Waals surface area contributed by atoms with E-state index in [4.69, 9.17) is 9.40 Å². The number of fused-ring (bicyclic) bond motifs is 5. The molecule has 258 valence electrons. The molecule has 3 aliphatic heterocycles. The van der Waals surface area contributed by atoms with Gasteiger partial charge in [0.15, 0.2) is 5.82 Å². The van der Waals surface area contributed by atoms with E-state index in [2.05, 4.69) is 37.3 Å². The third-order valence-electron chi connectivity index (χ3n) is 10.6. The van der Waals surface area contributed by atoms with Crippen molar-refractivity contribution in [3.8, 4) is 23.2 Å². The lowest BCUT2D eigenvalue weighted by molar-refractivity contribution is -0.151. The minimum absolute atomic E-state index is 0.0648. The van der Waals surface area contributed by atoms with Crippen LogP contribution >= 0.6 is 0 Å². The van der Waals surface area contributed by atoms with Crippen LogP contribution in [0.1, 0.15) is 46.6 Å². The van der Waals surface area contributed by atoms with Crippen molar-refractivity contribution in [2.45, 2.75) is 31.1 Å². The number of carbonyl (C=O) groups is 3. The van der Waals surface area contributed by atoms with Crippen LogP contribution in [0.3, 0.4) is 0 Å². The smallest absolute Gasteiger partial charge is 0.328 e. The number of aryl methyl sites for hydroxylation is 3. The van der Waals surface area contributed by atoms with Gasteiger partial charge in [0.25, 0.3) is 5.91 Å². The number of aromatic nitrogens is 5. The first-order chi connectivity index (χ1) is 25.2. The molecule has 1 aliphatic carbocycles. The molecule has 52 heavy (non-hydrogen) atoms. The molecule has 3 fully saturated rings. The van der Waals surface area contributed by atoms with Gasteiger partial charge in [-0.1, -0.05) is 11.8 Å². The zero-order valence-corrected chi connectivity index (χ0v) is 28.4. The number of amides is 3. The van der Waals surface area contributed by atoms with Crippen molar-refractivity contribution in [3.63, 3.8) is 0 Å². The van der Waals surface area contributed by atoms with E-state index in [9.17, 15) is 19.2 Å². The Morgan fingerprint density at radius 3 is 2.67 bits per heavy atom. The summed E-state index contributed by atoms with van der Waals surface area (Å²) < 4.78 is 9.03. The highest BCUT2D eigenvalue weighted by Crippen LogP contribution is 2.53. The van der Waals surface area contributed by atoms with Crippen LogP contribution in [-0.4, -0.2) is 54.9 Å². The van der Waals surface area contributed by atoms with Crippen LogP contribution in [0.25, 0.3) is 33.4 Å². The summed E-state index contributed by atoms with van der Waals surface area (Å²) in [5.74, 6) is 5.59. The van der Waals surface area contributed by atoms with Crippen LogP contribution in [0.4, 0.5) is 11.4 Å². The summed E-state index contributed by atoms with van der Waals surface area (Å²) >= 11 is 0. The van der Waals surface area contributed by atoms with E-state index in [0.29, 0.717) is 35.4 Å². The second-order valence-electron chi connectivity index (χ2n) is 13.6. The van der Waals surface area contributed by atoms with Gasteiger partial charge in [-0.25, -0.2) is 14.8 Å². The number of carbonyl (C=O) groups excluding carboxylic acids is 3. The molecule has 3 amide bonds. The maximum absolute atomic E-state index is 12.9. The van der Waals surface area contributed by atoms with Crippen LogP contribution in [0.2, 0.25) is 0 Å². The Morgan fingerprint density at radius 2 is 1.87 bits per heavy atom. The molecule has 7 heterocycles. The van der Waals surface area contributed by atoms with E-state index < -0.39 is 5.41 Å².